The van der Waals surface area contributed by atoms with Crippen LogP contribution in [0.3, 0.4) is 0 Å². The van der Waals surface area contributed by atoms with E-state index in [9.17, 15) is 9.59 Å². The molecule has 6 nitrogen and oxygen atoms in total. The van der Waals surface area contributed by atoms with E-state index in [1.54, 1.807) is 6.92 Å². The van der Waals surface area contributed by atoms with Crippen molar-refractivity contribution in [2.24, 2.45) is 16.7 Å². The second-order valence-corrected chi connectivity index (χ2v) is 14.7. The van der Waals surface area contributed by atoms with E-state index in [1.807, 2.05) is 18.7 Å². The van der Waals surface area contributed by atoms with Crippen LogP contribution in [-0.2, 0) is 9.59 Å². The van der Waals surface area contributed by atoms with Crippen molar-refractivity contribution in [1.82, 2.24) is 14.7 Å². The summed E-state index contributed by atoms with van der Waals surface area (Å²) >= 11 is 0. The zero-order chi connectivity index (χ0) is 32.5. The van der Waals surface area contributed by atoms with Crippen LogP contribution in [0.25, 0.3) is 0 Å². The highest BCUT2D eigenvalue weighted by molar-refractivity contribution is 5.77. The summed E-state index contributed by atoms with van der Waals surface area (Å²) in [5.41, 5.74) is 2.57. The molecule has 0 saturated carbocycles. The maximum Gasteiger partial charge on any atom is 0.222 e. The summed E-state index contributed by atoms with van der Waals surface area (Å²) in [6.07, 6.45) is 3.51. The van der Waals surface area contributed by atoms with E-state index < -0.39 is 0 Å². The Kier molecular flexibility index (Phi) is 12.9. The Labute approximate surface area is 268 Å². The highest BCUT2D eigenvalue weighted by Crippen LogP contribution is 2.36. The van der Waals surface area contributed by atoms with Crippen molar-refractivity contribution < 1.29 is 14.3 Å². The van der Waals surface area contributed by atoms with Crippen LogP contribution in [0.4, 0.5) is 0 Å². The van der Waals surface area contributed by atoms with Gasteiger partial charge in [0.2, 0.25) is 11.8 Å². The maximum atomic E-state index is 13.7. The fourth-order valence-corrected chi connectivity index (χ4v) is 6.38. The topological polar surface area (TPSA) is 53.1 Å². The molecule has 4 rings (SSSR count). The number of hydrogen-bond donors (Lipinski definition) is 0. The smallest absolute Gasteiger partial charge is 0.222 e. The molecule has 0 spiro atoms. The van der Waals surface area contributed by atoms with Crippen molar-refractivity contribution >= 4 is 11.8 Å². The molecule has 2 heterocycles. The highest BCUT2D eigenvalue weighted by atomic mass is 16.5. The first-order valence-electron chi connectivity index (χ1n) is 16.9. The standard InChI is InChI=1S/C36H53N3O3.C2H6/c1-27(40)37-21-19-28(20-22-37)13-18-33(41)39-24-23-38(25-32(39)36(5,6)7)34(29-11-9-8-10-12-29)30-14-16-31(17-15-30)42-26-35(2,3)4;1-2/h8-12,14-17,28,32,34H,13,18-26H2,1-7H3;1-2H3. The van der Waals surface area contributed by atoms with Gasteiger partial charge >= 0.3 is 0 Å². The van der Waals surface area contributed by atoms with Gasteiger partial charge in [-0.1, -0.05) is 97.9 Å². The van der Waals surface area contributed by atoms with Crippen LogP contribution < -0.4 is 4.74 Å². The molecule has 0 aliphatic carbocycles. The molecule has 2 fully saturated rings. The summed E-state index contributed by atoms with van der Waals surface area (Å²) in [4.78, 5) is 32.1. The lowest BCUT2D eigenvalue weighted by Crippen LogP contribution is -2.60. The number of piperidine rings is 1. The van der Waals surface area contributed by atoms with Gasteiger partial charge in [0, 0.05) is 52.1 Å². The predicted octanol–water partition coefficient (Wildman–Crippen LogP) is 7.82. The average molecular weight is 606 g/mol. The van der Waals surface area contributed by atoms with Crippen LogP contribution in [0.2, 0.25) is 0 Å². The fraction of sp³-hybridized carbons (Fsp3) is 0.632. The number of carbonyl (C=O) groups excluding carboxylic acids is 2. The molecule has 0 radical (unpaired) electrons. The molecule has 0 N–H and O–H groups in total. The van der Waals surface area contributed by atoms with Crippen LogP contribution in [0.15, 0.2) is 54.6 Å². The number of ether oxygens (including phenoxy) is 1. The maximum absolute atomic E-state index is 13.7. The van der Waals surface area contributed by atoms with E-state index in [4.69, 9.17) is 4.74 Å². The first-order valence-corrected chi connectivity index (χ1v) is 16.9. The third-order valence-corrected chi connectivity index (χ3v) is 8.91. The lowest BCUT2D eigenvalue weighted by atomic mass is 9.82. The third kappa shape index (κ3) is 10.1. The average Bonchev–Trinajstić information content (AvgIpc) is 3.00. The molecule has 2 atom stereocenters. The largest absolute Gasteiger partial charge is 0.493 e. The summed E-state index contributed by atoms with van der Waals surface area (Å²) in [6, 6.07) is 19.6. The first kappa shape index (κ1) is 35.6. The Balaban J connectivity index is 0.00000259. The molecule has 2 aliphatic heterocycles. The van der Waals surface area contributed by atoms with Crippen molar-refractivity contribution in [1.29, 1.82) is 0 Å². The molecule has 2 saturated heterocycles. The van der Waals surface area contributed by atoms with Gasteiger partial charge in [0.25, 0.3) is 0 Å². The molecule has 0 aromatic heterocycles. The van der Waals surface area contributed by atoms with Crippen molar-refractivity contribution in [3.05, 3.63) is 65.7 Å². The molecular weight excluding hydrogens is 546 g/mol. The van der Waals surface area contributed by atoms with Crippen LogP contribution >= 0.6 is 0 Å². The van der Waals surface area contributed by atoms with E-state index in [1.165, 1.54) is 11.1 Å². The lowest BCUT2D eigenvalue weighted by molar-refractivity contribution is -0.140. The number of hydrogen-bond acceptors (Lipinski definition) is 4. The predicted molar refractivity (Wildman–Crippen MR) is 182 cm³/mol. The highest BCUT2D eigenvalue weighted by Gasteiger charge is 2.40. The van der Waals surface area contributed by atoms with Gasteiger partial charge in [-0.25, -0.2) is 0 Å². The van der Waals surface area contributed by atoms with Crippen LogP contribution in [0.1, 0.15) is 105 Å². The van der Waals surface area contributed by atoms with E-state index in [0.717, 1.165) is 57.7 Å². The van der Waals surface area contributed by atoms with Crippen LogP contribution in [-0.4, -0.2) is 71.9 Å². The number of amides is 2. The second-order valence-electron chi connectivity index (χ2n) is 14.7. The summed E-state index contributed by atoms with van der Waals surface area (Å²) in [7, 11) is 0. The molecule has 44 heavy (non-hydrogen) atoms. The zero-order valence-electron chi connectivity index (χ0n) is 29.1. The second kappa shape index (κ2) is 15.9. The van der Waals surface area contributed by atoms with Gasteiger partial charge in [-0.3, -0.25) is 14.5 Å². The van der Waals surface area contributed by atoms with Gasteiger partial charge in [0.05, 0.1) is 12.6 Å². The van der Waals surface area contributed by atoms with Crippen molar-refractivity contribution in [3.63, 3.8) is 0 Å². The minimum atomic E-state index is -0.0486. The Morgan fingerprint density at radius 2 is 1.43 bits per heavy atom. The Hall–Kier alpha value is -2.86. The summed E-state index contributed by atoms with van der Waals surface area (Å²) < 4.78 is 6.07. The minimum absolute atomic E-state index is 0.0486. The number of nitrogens with zero attached hydrogens (tertiary/aromatic N) is 3. The fourth-order valence-electron chi connectivity index (χ4n) is 6.38. The zero-order valence-corrected chi connectivity index (χ0v) is 29.1. The quantitative estimate of drug-likeness (QED) is 0.308. The molecule has 2 aromatic rings. The number of piperazine rings is 1. The first-order chi connectivity index (χ1) is 20.8. The number of carbonyl (C=O) groups is 2. The van der Waals surface area contributed by atoms with E-state index in [2.05, 4.69) is 106 Å². The SMILES string of the molecule is CC.CC(=O)N1CCC(CCC(=O)N2CCN(C(c3ccccc3)c3ccc(OCC(C)(C)C)cc3)CC2C(C)(C)C)CC1. The third-order valence-electron chi connectivity index (χ3n) is 8.91. The molecule has 6 heteroatoms. The molecule has 2 amide bonds. The van der Waals surface area contributed by atoms with Gasteiger partial charge in [-0.15, -0.1) is 0 Å². The van der Waals surface area contributed by atoms with Crippen molar-refractivity contribution in [3.8, 4) is 5.75 Å². The van der Waals surface area contributed by atoms with E-state index in [-0.39, 0.29) is 34.7 Å². The van der Waals surface area contributed by atoms with E-state index in [0.29, 0.717) is 18.9 Å². The van der Waals surface area contributed by atoms with Gasteiger partial charge in [-0.05, 0) is 59.3 Å². The van der Waals surface area contributed by atoms with Crippen molar-refractivity contribution in [2.75, 3.05) is 39.3 Å². The summed E-state index contributed by atoms with van der Waals surface area (Å²) in [5, 5.41) is 0. The van der Waals surface area contributed by atoms with Crippen molar-refractivity contribution in [2.45, 2.75) is 100 Å². The van der Waals surface area contributed by atoms with Gasteiger partial charge in [-0.2, -0.15) is 0 Å². The Morgan fingerprint density at radius 1 is 0.841 bits per heavy atom. The molecule has 0 bridgehead atoms. The monoisotopic (exact) mass is 605 g/mol. The Morgan fingerprint density at radius 3 is 1.98 bits per heavy atom. The van der Waals surface area contributed by atoms with Gasteiger partial charge in [0.1, 0.15) is 5.75 Å². The summed E-state index contributed by atoms with van der Waals surface area (Å²) in [6.45, 7) is 23.7. The molecule has 2 unspecified atom stereocenters. The van der Waals surface area contributed by atoms with Gasteiger partial charge < -0.3 is 14.5 Å². The normalized spacial score (nSPS) is 19.2. The molecule has 244 valence electrons. The Bertz CT molecular complexity index is 1160. The molecule has 2 aliphatic rings. The molecular formula is C38H59N3O3. The number of likely N-dealkylation sites (tertiary alicyclic amines) is 1. The number of rotatable bonds is 8. The van der Waals surface area contributed by atoms with Crippen LogP contribution in [0, 0.1) is 16.7 Å². The van der Waals surface area contributed by atoms with E-state index >= 15 is 0 Å². The minimum Gasteiger partial charge on any atom is -0.493 e. The van der Waals surface area contributed by atoms with Crippen LogP contribution in [0.5, 0.6) is 5.75 Å². The van der Waals surface area contributed by atoms with Gasteiger partial charge in [0.15, 0.2) is 0 Å². The summed E-state index contributed by atoms with van der Waals surface area (Å²) in [5.74, 6) is 1.86. The molecule has 2 aromatic carbocycles. The lowest BCUT2D eigenvalue weighted by Gasteiger charge is -2.49. The number of benzene rings is 2.